The van der Waals surface area contributed by atoms with E-state index in [1.54, 1.807) is 0 Å². The van der Waals surface area contributed by atoms with Gasteiger partial charge in [-0.15, -0.1) is 10.1 Å². The van der Waals surface area contributed by atoms with Crippen molar-refractivity contribution in [2.75, 3.05) is 11.5 Å². The second-order valence-corrected chi connectivity index (χ2v) is 7.92. The third kappa shape index (κ3) is 3.74. The van der Waals surface area contributed by atoms with Crippen molar-refractivity contribution in [2.45, 2.75) is 20.3 Å². The fourth-order valence-electron chi connectivity index (χ4n) is 0.676. The summed E-state index contributed by atoms with van der Waals surface area (Å²) in [4.78, 5) is 26.5. The standard InChI is InChI=1S/C5H15O3PS/c1-3-5-10(4-2)9(6,7)8/h6-8H,3-5H2,1-2H3. The Labute approximate surface area is 63.9 Å². The third-order valence-electron chi connectivity index (χ3n) is 1.12. The second-order valence-electron chi connectivity index (χ2n) is 1.97. The first-order valence-electron chi connectivity index (χ1n) is 3.27. The molecular formula is C5H15O3PS. The van der Waals surface area contributed by atoms with E-state index < -0.39 is 16.8 Å². The van der Waals surface area contributed by atoms with Gasteiger partial charge in [0.15, 0.2) is 0 Å². The second kappa shape index (κ2) is 4.52. The zero-order valence-electron chi connectivity index (χ0n) is 6.32. The molecule has 0 amide bonds. The normalized spacial score (nSPS) is 15.3. The van der Waals surface area contributed by atoms with Crippen molar-refractivity contribution >= 4 is 16.8 Å². The van der Waals surface area contributed by atoms with Crippen LogP contribution in [0.1, 0.15) is 20.3 Å². The molecule has 64 valence electrons. The van der Waals surface area contributed by atoms with Gasteiger partial charge in [-0.25, -0.2) is 0 Å². The predicted molar refractivity (Wildman–Crippen MR) is 46.6 cm³/mol. The Hall–Kier alpha value is 0.660. The Bertz CT molecular complexity index is 143. The number of hydrogen-bond acceptors (Lipinski definition) is 0. The maximum absolute atomic E-state index is 8.84. The van der Waals surface area contributed by atoms with Crippen LogP contribution in [-0.4, -0.2) is 26.2 Å². The minimum atomic E-state index is -3.51. The summed E-state index contributed by atoms with van der Waals surface area (Å²) < 4.78 is 0. The SMILES string of the molecule is CCCS(CC)=P(O)(O)O. The molecule has 0 aromatic carbocycles. The van der Waals surface area contributed by atoms with E-state index in [0.717, 1.165) is 6.42 Å². The highest BCUT2D eigenvalue weighted by Gasteiger charge is 2.08. The van der Waals surface area contributed by atoms with Crippen LogP contribution in [0.15, 0.2) is 0 Å². The summed E-state index contributed by atoms with van der Waals surface area (Å²) in [5.74, 6) is 1.37. The van der Waals surface area contributed by atoms with Crippen molar-refractivity contribution in [1.82, 2.24) is 0 Å². The Balaban J connectivity index is 4.32. The molecule has 0 spiro atoms. The largest absolute Gasteiger partial charge is 0.329 e. The van der Waals surface area contributed by atoms with Gasteiger partial charge in [-0.2, -0.15) is 0 Å². The molecule has 3 N–H and O–H groups in total. The summed E-state index contributed by atoms with van der Waals surface area (Å²) in [6.45, 7) is 0.306. The van der Waals surface area contributed by atoms with E-state index in [0.29, 0.717) is 11.5 Å². The van der Waals surface area contributed by atoms with E-state index >= 15 is 0 Å². The quantitative estimate of drug-likeness (QED) is 0.568. The molecule has 1 unspecified atom stereocenters. The lowest BCUT2D eigenvalue weighted by Gasteiger charge is -2.11. The zero-order valence-corrected chi connectivity index (χ0v) is 8.03. The molecule has 3 nitrogen and oxygen atoms in total. The molecule has 5 heteroatoms. The molecule has 0 aromatic rings. The number of hydrogen-bond donors (Lipinski definition) is 3. The van der Waals surface area contributed by atoms with Crippen LogP contribution in [0.4, 0.5) is 0 Å². The molecule has 0 aromatic heterocycles. The monoisotopic (exact) mass is 186 g/mol. The summed E-state index contributed by atoms with van der Waals surface area (Å²) in [5.41, 5.74) is 0. The zero-order chi connectivity index (χ0) is 8.20. The molecule has 10 heavy (non-hydrogen) atoms. The molecule has 0 heterocycles. The van der Waals surface area contributed by atoms with E-state index in [-0.39, 0.29) is 0 Å². The van der Waals surface area contributed by atoms with Crippen LogP contribution in [0.5, 0.6) is 0 Å². The molecule has 0 fully saturated rings. The van der Waals surface area contributed by atoms with Crippen LogP contribution >= 0.6 is 6.72 Å². The summed E-state index contributed by atoms with van der Waals surface area (Å²) >= 11 is 0. The van der Waals surface area contributed by atoms with Gasteiger partial charge in [0.1, 0.15) is 0 Å². The first-order valence-corrected chi connectivity index (χ1v) is 7.09. The first-order chi connectivity index (χ1) is 4.52. The lowest BCUT2D eigenvalue weighted by molar-refractivity contribution is 0.362. The maximum Gasteiger partial charge on any atom is 0.277 e. The molecule has 0 bridgehead atoms. The van der Waals surface area contributed by atoms with Gasteiger partial charge in [0.25, 0.3) is 6.72 Å². The van der Waals surface area contributed by atoms with Crippen LogP contribution < -0.4 is 0 Å². The van der Waals surface area contributed by atoms with Crippen molar-refractivity contribution in [3.05, 3.63) is 0 Å². The highest BCUT2D eigenvalue weighted by atomic mass is 32.5. The minimum Gasteiger partial charge on any atom is -0.329 e. The molecule has 0 aliphatic rings. The van der Waals surface area contributed by atoms with Crippen molar-refractivity contribution in [3.8, 4) is 0 Å². The van der Waals surface area contributed by atoms with Gasteiger partial charge in [-0.1, -0.05) is 13.8 Å². The average Bonchev–Trinajstić information content (AvgIpc) is 1.80. The smallest absolute Gasteiger partial charge is 0.277 e. The van der Waals surface area contributed by atoms with E-state index in [1.165, 1.54) is 0 Å². The van der Waals surface area contributed by atoms with Gasteiger partial charge in [0, 0.05) is 0 Å². The van der Waals surface area contributed by atoms with Gasteiger partial charge in [0.2, 0.25) is 0 Å². The molecule has 0 saturated heterocycles. The van der Waals surface area contributed by atoms with Crippen LogP contribution in [0.2, 0.25) is 0 Å². The van der Waals surface area contributed by atoms with E-state index in [2.05, 4.69) is 0 Å². The fourth-order valence-corrected chi connectivity index (χ4v) is 4.35. The maximum atomic E-state index is 8.84. The van der Waals surface area contributed by atoms with Gasteiger partial charge in [-0.05, 0) is 17.9 Å². The van der Waals surface area contributed by atoms with Crippen molar-refractivity contribution < 1.29 is 14.7 Å². The van der Waals surface area contributed by atoms with Gasteiger partial charge >= 0.3 is 0 Å². The first kappa shape index (κ1) is 10.7. The van der Waals surface area contributed by atoms with Crippen molar-refractivity contribution in [1.29, 1.82) is 0 Å². The summed E-state index contributed by atoms with van der Waals surface area (Å²) in [5, 5.41) is 0. The predicted octanol–water partition coefficient (Wildman–Crippen LogP) is 0.689. The van der Waals surface area contributed by atoms with Crippen molar-refractivity contribution in [2.24, 2.45) is 0 Å². The van der Waals surface area contributed by atoms with E-state index in [1.807, 2.05) is 13.8 Å². The average molecular weight is 186 g/mol. The Morgan fingerprint density at radius 3 is 1.80 bits per heavy atom. The molecule has 0 radical (unpaired) electrons. The topological polar surface area (TPSA) is 60.7 Å². The van der Waals surface area contributed by atoms with Crippen LogP contribution in [0.25, 0.3) is 0 Å². The molecular weight excluding hydrogens is 171 g/mol. The Morgan fingerprint density at radius 1 is 1.20 bits per heavy atom. The Kier molecular flexibility index (Phi) is 4.82. The lowest BCUT2D eigenvalue weighted by Crippen LogP contribution is -2.01. The summed E-state index contributed by atoms with van der Waals surface area (Å²) in [6, 6.07) is 0. The minimum absolute atomic E-state index is 0.571. The van der Waals surface area contributed by atoms with Gasteiger partial charge < -0.3 is 14.7 Å². The van der Waals surface area contributed by atoms with Crippen LogP contribution in [-0.2, 0) is 10.1 Å². The van der Waals surface area contributed by atoms with E-state index in [4.69, 9.17) is 14.7 Å². The van der Waals surface area contributed by atoms with E-state index in [9.17, 15) is 0 Å². The van der Waals surface area contributed by atoms with Crippen LogP contribution in [0, 0.1) is 0 Å². The van der Waals surface area contributed by atoms with Crippen LogP contribution in [0.3, 0.4) is 0 Å². The third-order valence-corrected chi connectivity index (χ3v) is 6.76. The Morgan fingerprint density at radius 2 is 1.70 bits per heavy atom. The highest BCUT2D eigenvalue weighted by molar-refractivity contribution is 8.27. The van der Waals surface area contributed by atoms with Crippen molar-refractivity contribution in [3.63, 3.8) is 0 Å². The lowest BCUT2D eigenvalue weighted by atomic mass is 10.6. The van der Waals surface area contributed by atoms with Gasteiger partial charge in [0.05, 0.1) is 0 Å². The molecule has 0 rings (SSSR count). The summed E-state index contributed by atoms with van der Waals surface area (Å²) in [6.07, 6.45) is 0.889. The highest BCUT2D eigenvalue weighted by Crippen LogP contribution is 2.36. The summed E-state index contributed by atoms with van der Waals surface area (Å²) in [7, 11) is -0.571. The molecule has 0 aliphatic heterocycles. The molecule has 0 saturated carbocycles. The number of rotatable bonds is 3. The van der Waals surface area contributed by atoms with Gasteiger partial charge in [-0.3, -0.25) is 0 Å². The molecule has 1 atom stereocenters. The molecule has 0 aliphatic carbocycles. The fraction of sp³-hybridized carbons (Fsp3) is 1.00.